The van der Waals surface area contributed by atoms with E-state index in [1.54, 1.807) is 0 Å². The van der Waals surface area contributed by atoms with E-state index in [4.69, 9.17) is 16.7 Å². The third-order valence-corrected chi connectivity index (χ3v) is 5.46. The number of halogens is 1. The van der Waals surface area contributed by atoms with Gasteiger partial charge in [0.05, 0.1) is 4.92 Å². The maximum atomic E-state index is 11.8. The molecule has 0 fully saturated rings. The van der Waals surface area contributed by atoms with Crippen molar-refractivity contribution < 1.29 is 23.2 Å². The monoisotopic (exact) mass is 314 g/mol. The molecule has 1 rings (SSSR count). The van der Waals surface area contributed by atoms with Crippen LogP contribution in [0.3, 0.4) is 0 Å². The number of likely N-dealkylation sites (N-methyl/N-ethyl adjacent to an activating group) is 1. The standard InChI is InChI=1S/C7H7ClN2O6S2/c1-9(3-5(11)12)18(15,16)6-2-4(10(13)14)7(8)17-6/h2H,3H2,1H3,(H,11,12). The number of carboxylic acid groups (broad SMARTS) is 1. The van der Waals surface area contributed by atoms with Crippen LogP contribution in [0.5, 0.6) is 0 Å². The first-order valence-electron chi connectivity index (χ1n) is 4.28. The SMILES string of the molecule is CN(CC(=O)O)S(=O)(=O)c1cc([N+](=O)[O-])c(Cl)s1. The highest BCUT2D eigenvalue weighted by Crippen LogP contribution is 2.37. The number of carboxylic acids is 1. The maximum absolute atomic E-state index is 11.8. The molecule has 0 aliphatic heterocycles. The quantitative estimate of drug-likeness (QED) is 0.640. The number of rotatable bonds is 5. The fourth-order valence-electron chi connectivity index (χ4n) is 1.02. The Morgan fingerprint density at radius 3 is 2.61 bits per heavy atom. The molecule has 8 nitrogen and oxygen atoms in total. The third-order valence-electron chi connectivity index (χ3n) is 1.87. The molecule has 0 atom stereocenters. The molecule has 1 aromatic rings. The van der Waals surface area contributed by atoms with Crippen LogP contribution in [-0.2, 0) is 14.8 Å². The zero-order chi connectivity index (χ0) is 14.1. The van der Waals surface area contributed by atoms with Gasteiger partial charge in [-0.25, -0.2) is 8.42 Å². The molecule has 18 heavy (non-hydrogen) atoms. The van der Waals surface area contributed by atoms with E-state index >= 15 is 0 Å². The van der Waals surface area contributed by atoms with E-state index in [0.29, 0.717) is 15.6 Å². The summed E-state index contributed by atoms with van der Waals surface area (Å²) in [6.45, 7) is -0.744. The zero-order valence-electron chi connectivity index (χ0n) is 8.86. The van der Waals surface area contributed by atoms with Crippen molar-refractivity contribution in [1.29, 1.82) is 0 Å². The van der Waals surface area contributed by atoms with E-state index in [0.717, 1.165) is 13.1 Å². The van der Waals surface area contributed by atoms with Gasteiger partial charge in [-0.05, 0) is 0 Å². The van der Waals surface area contributed by atoms with Crippen molar-refractivity contribution in [2.75, 3.05) is 13.6 Å². The number of hydrogen-bond acceptors (Lipinski definition) is 6. The van der Waals surface area contributed by atoms with Crippen LogP contribution in [0.15, 0.2) is 10.3 Å². The smallest absolute Gasteiger partial charge is 0.318 e. The van der Waals surface area contributed by atoms with Gasteiger partial charge in [-0.3, -0.25) is 14.9 Å². The van der Waals surface area contributed by atoms with E-state index < -0.39 is 33.1 Å². The highest BCUT2D eigenvalue weighted by molar-refractivity contribution is 7.91. The highest BCUT2D eigenvalue weighted by Gasteiger charge is 2.29. The molecule has 0 amide bonds. The van der Waals surface area contributed by atoms with Crippen LogP contribution in [-0.4, -0.2) is 42.3 Å². The molecule has 0 aliphatic carbocycles. The van der Waals surface area contributed by atoms with Gasteiger partial charge >= 0.3 is 5.97 Å². The number of nitrogens with zero attached hydrogens (tertiary/aromatic N) is 2. The minimum atomic E-state index is -4.09. The fourth-order valence-corrected chi connectivity index (χ4v) is 4.02. The lowest BCUT2D eigenvalue weighted by Gasteiger charge is -2.12. The van der Waals surface area contributed by atoms with Gasteiger partial charge in [0.25, 0.3) is 15.7 Å². The Labute approximate surface area is 111 Å². The van der Waals surface area contributed by atoms with Crippen LogP contribution in [0.1, 0.15) is 0 Å². The lowest BCUT2D eigenvalue weighted by molar-refractivity contribution is -0.384. The Bertz CT molecular complexity index is 595. The van der Waals surface area contributed by atoms with Crippen molar-refractivity contribution in [2.45, 2.75) is 4.21 Å². The number of nitro groups is 1. The number of thiophene rings is 1. The fraction of sp³-hybridized carbons (Fsp3) is 0.286. The van der Waals surface area contributed by atoms with Gasteiger partial charge in [0.1, 0.15) is 10.8 Å². The van der Waals surface area contributed by atoms with Crippen molar-refractivity contribution in [1.82, 2.24) is 4.31 Å². The molecule has 0 saturated carbocycles. The molecule has 1 heterocycles. The number of sulfonamides is 1. The summed E-state index contributed by atoms with van der Waals surface area (Å²) >= 11 is 6.04. The summed E-state index contributed by atoms with van der Waals surface area (Å²) in [5, 5.41) is 19.0. The Hall–Kier alpha value is -1.23. The number of aliphatic carboxylic acids is 1. The molecule has 100 valence electrons. The van der Waals surface area contributed by atoms with E-state index in [1.807, 2.05) is 0 Å². The number of hydrogen-bond donors (Lipinski definition) is 1. The van der Waals surface area contributed by atoms with E-state index in [2.05, 4.69) is 0 Å². The normalized spacial score (nSPS) is 11.7. The Morgan fingerprint density at radius 1 is 1.67 bits per heavy atom. The van der Waals surface area contributed by atoms with Crippen LogP contribution < -0.4 is 0 Å². The first kappa shape index (κ1) is 14.8. The van der Waals surface area contributed by atoms with Gasteiger partial charge in [0.2, 0.25) is 0 Å². The summed E-state index contributed by atoms with van der Waals surface area (Å²) in [5.74, 6) is -1.33. The van der Waals surface area contributed by atoms with Crippen LogP contribution in [0.25, 0.3) is 0 Å². The van der Waals surface area contributed by atoms with Crippen LogP contribution in [0.2, 0.25) is 4.34 Å². The summed E-state index contributed by atoms with van der Waals surface area (Å²) in [6.07, 6.45) is 0. The van der Waals surface area contributed by atoms with Crippen LogP contribution >= 0.6 is 22.9 Å². The van der Waals surface area contributed by atoms with Crippen molar-refractivity contribution in [3.63, 3.8) is 0 Å². The molecule has 1 aromatic heterocycles. The molecule has 11 heteroatoms. The van der Waals surface area contributed by atoms with E-state index in [-0.39, 0.29) is 8.55 Å². The largest absolute Gasteiger partial charge is 0.480 e. The maximum Gasteiger partial charge on any atom is 0.318 e. The zero-order valence-corrected chi connectivity index (χ0v) is 11.3. The van der Waals surface area contributed by atoms with Gasteiger partial charge in [-0.2, -0.15) is 4.31 Å². The molecule has 0 spiro atoms. The molecule has 1 N–H and O–H groups in total. The van der Waals surface area contributed by atoms with E-state index in [1.165, 1.54) is 0 Å². The van der Waals surface area contributed by atoms with Gasteiger partial charge in [-0.15, -0.1) is 11.3 Å². The number of carbonyl (C=O) groups is 1. The highest BCUT2D eigenvalue weighted by atomic mass is 35.5. The van der Waals surface area contributed by atoms with Gasteiger partial charge in [0.15, 0.2) is 4.34 Å². The second-order valence-electron chi connectivity index (χ2n) is 3.14. The summed E-state index contributed by atoms with van der Waals surface area (Å²) in [6, 6.07) is 0.806. The van der Waals surface area contributed by atoms with Crippen molar-refractivity contribution >= 4 is 44.6 Å². The molecule has 0 unspecified atom stereocenters. The molecule has 0 aliphatic rings. The molecule has 0 aromatic carbocycles. The average Bonchev–Trinajstić information content (AvgIpc) is 2.59. The Balaban J connectivity index is 3.17. The predicted molar refractivity (Wildman–Crippen MR) is 63.4 cm³/mol. The van der Waals surface area contributed by atoms with Crippen molar-refractivity contribution in [3.8, 4) is 0 Å². The second-order valence-corrected chi connectivity index (χ2v) is 7.06. The summed E-state index contributed by atoms with van der Waals surface area (Å²) in [5.41, 5.74) is -0.524. The molecule has 0 bridgehead atoms. The lowest BCUT2D eigenvalue weighted by Crippen LogP contribution is -2.31. The molecular weight excluding hydrogens is 308 g/mol. The Kier molecular flexibility index (Phi) is 4.27. The topological polar surface area (TPSA) is 118 Å². The van der Waals surface area contributed by atoms with Crippen molar-refractivity contribution in [3.05, 3.63) is 20.5 Å². The third kappa shape index (κ3) is 2.96. The van der Waals surface area contributed by atoms with Crippen molar-refractivity contribution in [2.24, 2.45) is 0 Å². The average molecular weight is 315 g/mol. The van der Waals surface area contributed by atoms with Gasteiger partial charge in [-0.1, -0.05) is 11.6 Å². The summed E-state index contributed by atoms with van der Waals surface area (Å²) in [7, 11) is -3.03. The minimum absolute atomic E-state index is 0.276. The lowest BCUT2D eigenvalue weighted by atomic mass is 10.6. The van der Waals surface area contributed by atoms with E-state index in [9.17, 15) is 23.3 Å². The first-order valence-corrected chi connectivity index (χ1v) is 6.91. The summed E-state index contributed by atoms with van der Waals surface area (Å²) in [4.78, 5) is 20.2. The molecule has 0 radical (unpaired) electrons. The second kappa shape index (κ2) is 5.18. The van der Waals surface area contributed by atoms with Crippen LogP contribution in [0, 0.1) is 10.1 Å². The minimum Gasteiger partial charge on any atom is -0.480 e. The predicted octanol–water partition coefficient (Wildman–Crippen LogP) is 1.01. The summed E-state index contributed by atoms with van der Waals surface area (Å²) < 4.78 is 23.6. The van der Waals surface area contributed by atoms with Gasteiger partial charge < -0.3 is 5.11 Å². The molecule has 0 saturated heterocycles. The molecular formula is C7H7ClN2O6S2. The van der Waals surface area contributed by atoms with Crippen LogP contribution in [0.4, 0.5) is 5.69 Å². The van der Waals surface area contributed by atoms with Gasteiger partial charge in [0, 0.05) is 13.1 Å². The first-order chi connectivity index (χ1) is 8.16. The Morgan fingerprint density at radius 2 is 2.22 bits per heavy atom.